The summed E-state index contributed by atoms with van der Waals surface area (Å²) in [5.41, 5.74) is 0.830. The van der Waals surface area contributed by atoms with E-state index in [1.807, 2.05) is 50.3 Å². The highest BCUT2D eigenvalue weighted by molar-refractivity contribution is 5.78. The van der Waals surface area contributed by atoms with Crippen LogP contribution in [0.2, 0.25) is 0 Å². The lowest BCUT2D eigenvalue weighted by Gasteiger charge is -2.31. The Balaban J connectivity index is 2.57. The first kappa shape index (κ1) is 19.2. The van der Waals surface area contributed by atoms with Gasteiger partial charge in [-0.15, -0.1) is 6.58 Å². The number of amides is 1. The largest absolute Gasteiger partial charge is 0.386 e. The molecule has 3 heteroatoms. The van der Waals surface area contributed by atoms with Crippen LogP contribution in [0.5, 0.6) is 0 Å². The van der Waals surface area contributed by atoms with Crippen molar-refractivity contribution >= 4 is 5.91 Å². The van der Waals surface area contributed by atoms with Crippen LogP contribution in [0.3, 0.4) is 0 Å². The summed E-state index contributed by atoms with van der Waals surface area (Å²) in [7, 11) is 1.76. The molecular weight excluding hydrogens is 286 g/mol. The standard InChI is InChI=1S/C20H29NO2/c1-5-6-7-8-10-13-16(2)20(23)21(4)17(3)19(22)18-14-11-9-12-15-18/h5,8-12,14-17,19,22H,1,6-7,13H2,2-4H3/t16-,17+,19-/m1/s1. The van der Waals surface area contributed by atoms with Crippen molar-refractivity contribution in [2.75, 3.05) is 7.05 Å². The average molecular weight is 315 g/mol. The Morgan fingerprint density at radius 1 is 1.22 bits per heavy atom. The number of benzene rings is 1. The molecule has 0 saturated carbocycles. The first-order valence-electron chi connectivity index (χ1n) is 8.24. The van der Waals surface area contributed by atoms with Crippen LogP contribution in [0, 0.1) is 5.92 Å². The molecule has 1 aromatic carbocycles. The summed E-state index contributed by atoms with van der Waals surface area (Å²) in [5.74, 6) is -0.0359. The number of aliphatic hydroxyl groups excluding tert-OH is 1. The molecule has 0 radical (unpaired) electrons. The van der Waals surface area contributed by atoms with Crippen LogP contribution in [0.1, 0.15) is 44.8 Å². The van der Waals surface area contributed by atoms with Crippen LogP contribution in [0.15, 0.2) is 55.1 Å². The smallest absolute Gasteiger partial charge is 0.225 e. The minimum atomic E-state index is -0.680. The highest BCUT2D eigenvalue weighted by Crippen LogP contribution is 2.21. The lowest BCUT2D eigenvalue weighted by molar-refractivity contribution is -0.137. The van der Waals surface area contributed by atoms with E-state index in [9.17, 15) is 9.90 Å². The molecule has 0 unspecified atom stereocenters. The van der Waals surface area contributed by atoms with Crippen LogP contribution in [-0.2, 0) is 4.79 Å². The zero-order valence-electron chi connectivity index (χ0n) is 14.5. The van der Waals surface area contributed by atoms with Crippen molar-refractivity contribution in [1.29, 1.82) is 0 Å². The van der Waals surface area contributed by atoms with Crippen LogP contribution >= 0.6 is 0 Å². The molecule has 1 aromatic rings. The van der Waals surface area contributed by atoms with E-state index in [2.05, 4.69) is 18.7 Å². The third-order valence-electron chi connectivity index (χ3n) is 4.17. The monoisotopic (exact) mass is 315 g/mol. The molecule has 0 spiro atoms. The zero-order chi connectivity index (χ0) is 17.2. The number of allylic oxidation sites excluding steroid dienone is 3. The molecule has 23 heavy (non-hydrogen) atoms. The Morgan fingerprint density at radius 2 is 1.87 bits per heavy atom. The maximum Gasteiger partial charge on any atom is 0.225 e. The van der Waals surface area contributed by atoms with Crippen molar-refractivity contribution in [2.24, 2.45) is 5.92 Å². The number of carbonyl (C=O) groups excluding carboxylic acids is 1. The molecule has 0 aromatic heterocycles. The van der Waals surface area contributed by atoms with Gasteiger partial charge in [0.15, 0.2) is 0 Å². The van der Waals surface area contributed by atoms with Gasteiger partial charge < -0.3 is 10.0 Å². The number of hydrogen-bond acceptors (Lipinski definition) is 2. The van der Waals surface area contributed by atoms with E-state index in [4.69, 9.17) is 0 Å². The first-order valence-corrected chi connectivity index (χ1v) is 8.24. The molecule has 0 aliphatic heterocycles. The lowest BCUT2D eigenvalue weighted by atomic mass is 10.00. The molecule has 3 nitrogen and oxygen atoms in total. The highest BCUT2D eigenvalue weighted by atomic mass is 16.3. The molecule has 1 amide bonds. The molecule has 0 bridgehead atoms. The predicted octanol–water partition coefficient (Wildman–Crippen LogP) is 4.12. The van der Waals surface area contributed by atoms with Gasteiger partial charge in [-0.1, -0.05) is 55.5 Å². The fourth-order valence-corrected chi connectivity index (χ4v) is 2.42. The van der Waals surface area contributed by atoms with Crippen molar-refractivity contribution in [1.82, 2.24) is 4.90 Å². The maximum atomic E-state index is 12.5. The molecule has 3 atom stereocenters. The van der Waals surface area contributed by atoms with Gasteiger partial charge in [0.1, 0.15) is 0 Å². The van der Waals surface area contributed by atoms with E-state index in [0.717, 1.165) is 18.4 Å². The third kappa shape index (κ3) is 6.03. The number of rotatable bonds is 9. The van der Waals surface area contributed by atoms with Crippen LogP contribution < -0.4 is 0 Å². The summed E-state index contributed by atoms with van der Waals surface area (Å²) < 4.78 is 0. The second-order valence-electron chi connectivity index (χ2n) is 6.02. The van der Waals surface area contributed by atoms with E-state index in [1.165, 1.54) is 0 Å². The number of unbranched alkanes of at least 4 members (excludes halogenated alkanes) is 1. The molecule has 126 valence electrons. The van der Waals surface area contributed by atoms with E-state index < -0.39 is 6.10 Å². The summed E-state index contributed by atoms with van der Waals surface area (Å²) in [6.45, 7) is 7.49. The second-order valence-corrected chi connectivity index (χ2v) is 6.02. The van der Waals surface area contributed by atoms with E-state index in [-0.39, 0.29) is 17.9 Å². The van der Waals surface area contributed by atoms with Crippen LogP contribution in [0.25, 0.3) is 0 Å². The van der Waals surface area contributed by atoms with Crippen LogP contribution in [-0.4, -0.2) is 29.0 Å². The SMILES string of the molecule is C=CCCC=CC[C@@H](C)C(=O)N(C)[C@@H](C)[C@@H](O)c1ccccc1. The number of carbonyl (C=O) groups is 1. The summed E-state index contributed by atoms with van der Waals surface area (Å²) in [6.07, 6.45) is 7.99. The second kappa shape index (κ2) is 10.0. The summed E-state index contributed by atoms with van der Waals surface area (Å²) in [6, 6.07) is 9.19. The van der Waals surface area contributed by atoms with Crippen molar-refractivity contribution in [3.63, 3.8) is 0 Å². The van der Waals surface area contributed by atoms with E-state index in [0.29, 0.717) is 6.42 Å². The minimum absolute atomic E-state index is 0.0563. The Bertz CT molecular complexity index is 510. The lowest BCUT2D eigenvalue weighted by Crippen LogP contribution is -2.41. The quantitative estimate of drug-likeness (QED) is 0.550. The minimum Gasteiger partial charge on any atom is -0.386 e. The number of likely N-dealkylation sites (N-methyl/N-ethyl adjacent to an activating group) is 1. The van der Waals surface area contributed by atoms with Gasteiger partial charge in [-0.2, -0.15) is 0 Å². The molecule has 1 rings (SSSR count). The van der Waals surface area contributed by atoms with Crippen molar-refractivity contribution in [3.8, 4) is 0 Å². The fourth-order valence-electron chi connectivity index (χ4n) is 2.42. The van der Waals surface area contributed by atoms with Gasteiger partial charge in [0.05, 0.1) is 12.1 Å². The molecule has 1 N–H and O–H groups in total. The zero-order valence-corrected chi connectivity index (χ0v) is 14.5. The first-order chi connectivity index (χ1) is 11.0. The van der Waals surface area contributed by atoms with Gasteiger partial charge >= 0.3 is 0 Å². The molecule has 0 heterocycles. The fraction of sp³-hybridized carbons (Fsp3) is 0.450. The Kier molecular flexibility index (Phi) is 8.35. The van der Waals surface area contributed by atoms with Crippen molar-refractivity contribution in [3.05, 3.63) is 60.7 Å². The topological polar surface area (TPSA) is 40.5 Å². The Morgan fingerprint density at radius 3 is 2.48 bits per heavy atom. The summed E-state index contributed by atoms with van der Waals surface area (Å²) in [4.78, 5) is 14.2. The summed E-state index contributed by atoms with van der Waals surface area (Å²) in [5, 5.41) is 10.4. The van der Waals surface area contributed by atoms with Gasteiger partial charge in [-0.3, -0.25) is 4.79 Å². The average Bonchev–Trinajstić information content (AvgIpc) is 2.59. The van der Waals surface area contributed by atoms with Crippen molar-refractivity contribution < 1.29 is 9.90 Å². The van der Waals surface area contributed by atoms with Gasteiger partial charge in [-0.25, -0.2) is 0 Å². The third-order valence-corrected chi connectivity index (χ3v) is 4.17. The van der Waals surface area contributed by atoms with Crippen LogP contribution in [0.4, 0.5) is 0 Å². The van der Waals surface area contributed by atoms with Gasteiger partial charge in [0.25, 0.3) is 0 Å². The van der Waals surface area contributed by atoms with Gasteiger partial charge in [0.2, 0.25) is 5.91 Å². The van der Waals surface area contributed by atoms with E-state index >= 15 is 0 Å². The molecule has 0 aliphatic rings. The van der Waals surface area contributed by atoms with Gasteiger partial charge in [0, 0.05) is 13.0 Å². The van der Waals surface area contributed by atoms with Crippen molar-refractivity contribution in [2.45, 2.75) is 45.3 Å². The number of hydrogen-bond donors (Lipinski definition) is 1. The van der Waals surface area contributed by atoms with E-state index in [1.54, 1.807) is 11.9 Å². The maximum absolute atomic E-state index is 12.5. The Hall–Kier alpha value is -1.87. The molecule has 0 fully saturated rings. The normalized spacial score (nSPS) is 15.1. The number of aliphatic hydroxyl groups is 1. The highest BCUT2D eigenvalue weighted by Gasteiger charge is 2.26. The molecule has 0 aliphatic carbocycles. The molecule has 0 saturated heterocycles. The summed E-state index contributed by atoms with van der Waals surface area (Å²) >= 11 is 0. The predicted molar refractivity (Wildman–Crippen MR) is 96.0 cm³/mol. The molecular formula is C20H29NO2. The Labute approximate surface area is 140 Å². The number of nitrogens with zero attached hydrogens (tertiary/aromatic N) is 1. The van der Waals surface area contributed by atoms with Gasteiger partial charge in [-0.05, 0) is 31.7 Å².